The van der Waals surface area contributed by atoms with Crippen LogP contribution in [0.25, 0.3) is 10.9 Å². The highest BCUT2D eigenvalue weighted by molar-refractivity contribution is 5.87. The summed E-state index contributed by atoms with van der Waals surface area (Å²) in [7, 11) is 1.72. The van der Waals surface area contributed by atoms with Crippen LogP contribution in [0.4, 0.5) is 0 Å². The topological polar surface area (TPSA) is 34.6 Å². The first-order valence-corrected chi connectivity index (χ1v) is 9.19. The van der Waals surface area contributed by atoms with Crippen molar-refractivity contribution in [1.82, 2.24) is 9.88 Å². The smallest absolute Gasteiger partial charge is 0.163 e. The van der Waals surface area contributed by atoms with Gasteiger partial charge in [-0.15, -0.1) is 0 Å². The van der Waals surface area contributed by atoms with E-state index in [1.165, 1.54) is 48.9 Å². The molecule has 1 aliphatic carbocycles. The van der Waals surface area contributed by atoms with Gasteiger partial charge in [0.25, 0.3) is 0 Å². The summed E-state index contributed by atoms with van der Waals surface area (Å²) in [5, 5.41) is 1.23. The summed E-state index contributed by atoms with van der Waals surface area (Å²) in [6, 6.07) is 4.16. The van der Waals surface area contributed by atoms with Crippen molar-refractivity contribution < 1.29 is 9.47 Å². The van der Waals surface area contributed by atoms with Gasteiger partial charge in [-0.2, -0.15) is 0 Å². The van der Waals surface area contributed by atoms with Crippen molar-refractivity contribution in [1.29, 1.82) is 0 Å². The number of ether oxygens (including phenoxy) is 2. The number of fused-ring (bicyclic) bond motifs is 3. The fourth-order valence-corrected chi connectivity index (χ4v) is 4.01. The lowest BCUT2D eigenvalue weighted by Crippen LogP contribution is -2.21. The van der Waals surface area contributed by atoms with E-state index in [1.807, 2.05) is 12.3 Å². The Morgan fingerprint density at radius 3 is 2.79 bits per heavy atom. The van der Waals surface area contributed by atoms with Crippen LogP contribution in [0.3, 0.4) is 0 Å². The Bertz CT molecular complexity index is 723. The molecule has 4 rings (SSSR count). The standard InChI is InChI=1S/C20H26N2O2/c1-23-19-12-17-16-7-4-6-15(16)14-21-18(17)13-20(19)24-11-5-10-22-8-2-3-9-22/h12-14H,2-11H2,1H3. The molecule has 0 amide bonds. The first-order chi connectivity index (χ1) is 11.8. The number of hydrogen-bond donors (Lipinski definition) is 0. The molecule has 0 N–H and O–H groups in total. The lowest BCUT2D eigenvalue weighted by molar-refractivity contribution is 0.254. The third kappa shape index (κ3) is 3.07. The van der Waals surface area contributed by atoms with Gasteiger partial charge in [0.05, 0.1) is 19.2 Å². The van der Waals surface area contributed by atoms with Gasteiger partial charge >= 0.3 is 0 Å². The van der Waals surface area contributed by atoms with Crippen molar-refractivity contribution in [3.05, 3.63) is 29.5 Å². The first-order valence-electron chi connectivity index (χ1n) is 9.19. The average molecular weight is 326 g/mol. The van der Waals surface area contributed by atoms with Crippen molar-refractivity contribution in [3.8, 4) is 11.5 Å². The molecule has 0 atom stereocenters. The van der Waals surface area contributed by atoms with E-state index in [-0.39, 0.29) is 0 Å². The van der Waals surface area contributed by atoms with Crippen LogP contribution in [0.15, 0.2) is 18.3 Å². The van der Waals surface area contributed by atoms with Crippen molar-refractivity contribution in [2.75, 3.05) is 33.4 Å². The molecule has 24 heavy (non-hydrogen) atoms. The van der Waals surface area contributed by atoms with Crippen molar-refractivity contribution >= 4 is 10.9 Å². The number of rotatable bonds is 6. The highest BCUT2D eigenvalue weighted by Gasteiger charge is 2.17. The van der Waals surface area contributed by atoms with Crippen molar-refractivity contribution in [2.45, 2.75) is 38.5 Å². The lowest BCUT2D eigenvalue weighted by atomic mass is 10.1. The normalized spacial score (nSPS) is 17.4. The molecule has 2 heterocycles. The van der Waals surface area contributed by atoms with Gasteiger partial charge in [0.2, 0.25) is 0 Å². The summed E-state index contributed by atoms with van der Waals surface area (Å²) < 4.78 is 11.6. The Morgan fingerprint density at radius 1 is 1.08 bits per heavy atom. The van der Waals surface area contributed by atoms with Crippen LogP contribution in [0.2, 0.25) is 0 Å². The van der Waals surface area contributed by atoms with Gasteiger partial charge in [0, 0.05) is 24.2 Å². The maximum atomic E-state index is 6.02. The molecular formula is C20H26N2O2. The zero-order chi connectivity index (χ0) is 16.4. The second-order valence-corrected chi connectivity index (χ2v) is 6.89. The maximum Gasteiger partial charge on any atom is 0.163 e. The van der Waals surface area contributed by atoms with Crippen LogP contribution < -0.4 is 9.47 Å². The third-order valence-corrected chi connectivity index (χ3v) is 5.30. The van der Waals surface area contributed by atoms with Gasteiger partial charge < -0.3 is 14.4 Å². The molecule has 1 fully saturated rings. The largest absolute Gasteiger partial charge is 0.493 e. The molecule has 0 spiro atoms. The van der Waals surface area contributed by atoms with E-state index in [0.29, 0.717) is 0 Å². The molecule has 0 unspecified atom stereocenters. The van der Waals surface area contributed by atoms with E-state index in [4.69, 9.17) is 9.47 Å². The molecule has 128 valence electrons. The van der Waals surface area contributed by atoms with Crippen LogP contribution in [-0.4, -0.2) is 43.2 Å². The first kappa shape index (κ1) is 15.7. The third-order valence-electron chi connectivity index (χ3n) is 5.30. The van der Waals surface area contributed by atoms with E-state index in [9.17, 15) is 0 Å². The van der Waals surface area contributed by atoms with E-state index >= 15 is 0 Å². The number of likely N-dealkylation sites (tertiary alicyclic amines) is 1. The number of hydrogen-bond acceptors (Lipinski definition) is 4. The minimum absolute atomic E-state index is 0.726. The SMILES string of the molecule is COc1cc2c3c(cnc2cc1OCCCN1CCCC1)CCC3. The molecule has 2 aromatic rings. The van der Waals surface area contributed by atoms with E-state index in [1.54, 1.807) is 7.11 Å². The quantitative estimate of drug-likeness (QED) is 0.760. The van der Waals surface area contributed by atoms with Gasteiger partial charge in [-0.1, -0.05) is 0 Å². The number of methoxy groups -OCH3 is 1. The number of aryl methyl sites for hydroxylation is 2. The highest BCUT2D eigenvalue weighted by atomic mass is 16.5. The summed E-state index contributed by atoms with van der Waals surface area (Å²) in [6.07, 6.45) is 9.30. The Morgan fingerprint density at radius 2 is 1.96 bits per heavy atom. The molecule has 0 saturated carbocycles. The molecule has 1 aliphatic heterocycles. The van der Waals surface area contributed by atoms with Gasteiger partial charge in [0.15, 0.2) is 11.5 Å². The Labute approximate surface area is 143 Å². The molecule has 0 radical (unpaired) electrons. The highest BCUT2D eigenvalue weighted by Crippen LogP contribution is 2.36. The molecule has 4 nitrogen and oxygen atoms in total. The molecule has 1 aromatic heterocycles. The van der Waals surface area contributed by atoms with E-state index in [0.717, 1.165) is 49.4 Å². The molecule has 4 heteroatoms. The summed E-state index contributed by atoms with van der Waals surface area (Å²) in [4.78, 5) is 7.16. The maximum absolute atomic E-state index is 6.02. The summed E-state index contributed by atoms with van der Waals surface area (Å²) >= 11 is 0. The minimum atomic E-state index is 0.726. The molecule has 1 aromatic carbocycles. The van der Waals surface area contributed by atoms with Crippen molar-refractivity contribution in [2.24, 2.45) is 0 Å². The van der Waals surface area contributed by atoms with Crippen LogP contribution in [0, 0.1) is 0 Å². The number of nitrogens with zero attached hydrogens (tertiary/aromatic N) is 2. The summed E-state index contributed by atoms with van der Waals surface area (Å²) in [5.74, 6) is 1.64. The van der Waals surface area contributed by atoms with Crippen LogP contribution >= 0.6 is 0 Å². The lowest BCUT2D eigenvalue weighted by Gasteiger charge is -2.16. The fourth-order valence-electron chi connectivity index (χ4n) is 4.01. The molecule has 1 saturated heterocycles. The second-order valence-electron chi connectivity index (χ2n) is 6.89. The van der Waals surface area contributed by atoms with Gasteiger partial charge in [-0.25, -0.2) is 0 Å². The van der Waals surface area contributed by atoms with Gasteiger partial charge in [-0.3, -0.25) is 4.98 Å². The Hall–Kier alpha value is -1.81. The predicted octanol–water partition coefficient (Wildman–Crippen LogP) is 3.60. The van der Waals surface area contributed by atoms with Gasteiger partial charge in [-0.05, 0) is 68.8 Å². The van der Waals surface area contributed by atoms with Crippen molar-refractivity contribution in [3.63, 3.8) is 0 Å². The molecular weight excluding hydrogens is 300 g/mol. The zero-order valence-corrected chi connectivity index (χ0v) is 14.5. The zero-order valence-electron chi connectivity index (χ0n) is 14.5. The van der Waals surface area contributed by atoms with Crippen LogP contribution in [0.5, 0.6) is 11.5 Å². The molecule has 0 bridgehead atoms. The Kier molecular flexibility index (Phi) is 4.56. The second kappa shape index (κ2) is 6.98. The average Bonchev–Trinajstić information content (AvgIpc) is 3.29. The fraction of sp³-hybridized carbons (Fsp3) is 0.550. The summed E-state index contributed by atoms with van der Waals surface area (Å²) in [5.41, 5.74) is 3.86. The van der Waals surface area contributed by atoms with Gasteiger partial charge in [0.1, 0.15) is 0 Å². The van der Waals surface area contributed by atoms with Crippen LogP contribution in [-0.2, 0) is 12.8 Å². The monoisotopic (exact) mass is 326 g/mol. The van der Waals surface area contributed by atoms with E-state index < -0.39 is 0 Å². The predicted molar refractivity (Wildman–Crippen MR) is 96.1 cm³/mol. The molecule has 2 aliphatic rings. The summed E-state index contributed by atoms with van der Waals surface area (Å²) in [6.45, 7) is 4.34. The minimum Gasteiger partial charge on any atom is -0.493 e. The number of benzene rings is 1. The number of pyridine rings is 1. The Balaban J connectivity index is 1.48. The van der Waals surface area contributed by atoms with E-state index in [2.05, 4.69) is 16.0 Å². The van der Waals surface area contributed by atoms with Crippen LogP contribution in [0.1, 0.15) is 36.8 Å². The number of aromatic nitrogens is 1.